The average Bonchev–Trinajstić information content (AvgIpc) is 2.92. The van der Waals surface area contributed by atoms with Crippen LogP contribution in [0.4, 0.5) is 0 Å². The molecular formula is C14H22N4O6. The number of nitrogens with zero attached hydrogens (tertiary/aromatic N) is 1. The van der Waals surface area contributed by atoms with Crippen LogP contribution < -0.4 is 16.0 Å². The van der Waals surface area contributed by atoms with Gasteiger partial charge in [-0.3, -0.25) is 19.2 Å². The Bertz CT molecular complexity index is 523. The Hall–Kier alpha value is -2.65. The molecule has 0 aromatic rings. The molecule has 0 aromatic heterocycles. The van der Waals surface area contributed by atoms with Crippen LogP contribution in [0.3, 0.4) is 0 Å². The molecule has 0 spiro atoms. The SMILES string of the molecule is COC(=O)[C@H](C)N1CC[C@@H](NC(=O)[C@H](C)NC(=O)CNC=O)C1=O. The fraction of sp³-hybridized carbons (Fsp3) is 0.643. The van der Waals surface area contributed by atoms with Crippen molar-refractivity contribution < 1.29 is 28.7 Å². The highest BCUT2D eigenvalue weighted by Gasteiger charge is 2.38. The zero-order valence-corrected chi connectivity index (χ0v) is 13.8. The van der Waals surface area contributed by atoms with E-state index in [9.17, 15) is 24.0 Å². The van der Waals surface area contributed by atoms with Gasteiger partial charge < -0.3 is 25.6 Å². The van der Waals surface area contributed by atoms with Gasteiger partial charge in [-0.05, 0) is 20.3 Å². The lowest BCUT2D eigenvalue weighted by Gasteiger charge is -2.23. The zero-order valence-electron chi connectivity index (χ0n) is 13.8. The normalized spacial score (nSPS) is 19.2. The molecule has 3 atom stereocenters. The van der Waals surface area contributed by atoms with E-state index in [4.69, 9.17) is 0 Å². The second-order valence-electron chi connectivity index (χ2n) is 5.37. The van der Waals surface area contributed by atoms with E-state index in [0.29, 0.717) is 19.4 Å². The monoisotopic (exact) mass is 342 g/mol. The Morgan fingerprint density at radius 1 is 1.38 bits per heavy atom. The molecule has 24 heavy (non-hydrogen) atoms. The minimum atomic E-state index is -0.870. The van der Waals surface area contributed by atoms with Crippen LogP contribution in [-0.4, -0.2) is 73.3 Å². The second-order valence-corrected chi connectivity index (χ2v) is 5.37. The topological polar surface area (TPSA) is 134 Å². The number of ether oxygens (including phenoxy) is 1. The minimum absolute atomic E-state index is 0.242. The summed E-state index contributed by atoms with van der Waals surface area (Å²) in [7, 11) is 1.24. The van der Waals surface area contributed by atoms with Crippen molar-refractivity contribution in [3.63, 3.8) is 0 Å². The number of esters is 1. The Morgan fingerprint density at radius 2 is 2.04 bits per heavy atom. The van der Waals surface area contributed by atoms with Gasteiger partial charge in [0.05, 0.1) is 13.7 Å². The quantitative estimate of drug-likeness (QED) is 0.330. The van der Waals surface area contributed by atoms with Crippen LogP contribution in [0.5, 0.6) is 0 Å². The van der Waals surface area contributed by atoms with Crippen molar-refractivity contribution in [1.29, 1.82) is 0 Å². The minimum Gasteiger partial charge on any atom is -0.467 e. The fourth-order valence-electron chi connectivity index (χ4n) is 2.31. The number of likely N-dealkylation sites (tertiary alicyclic amines) is 1. The molecule has 1 fully saturated rings. The molecule has 1 rings (SSSR count). The van der Waals surface area contributed by atoms with E-state index < -0.39 is 35.9 Å². The van der Waals surface area contributed by atoms with Gasteiger partial charge in [0, 0.05) is 6.54 Å². The van der Waals surface area contributed by atoms with Gasteiger partial charge in [0.2, 0.25) is 24.1 Å². The molecule has 4 amide bonds. The molecule has 0 unspecified atom stereocenters. The van der Waals surface area contributed by atoms with Gasteiger partial charge in [-0.15, -0.1) is 0 Å². The number of methoxy groups -OCH3 is 1. The van der Waals surface area contributed by atoms with E-state index in [1.165, 1.54) is 18.9 Å². The van der Waals surface area contributed by atoms with Crippen molar-refractivity contribution in [2.45, 2.75) is 38.4 Å². The van der Waals surface area contributed by atoms with Gasteiger partial charge >= 0.3 is 5.97 Å². The van der Waals surface area contributed by atoms with Crippen LogP contribution in [0, 0.1) is 0 Å². The number of carbonyl (C=O) groups is 5. The zero-order chi connectivity index (χ0) is 18.3. The van der Waals surface area contributed by atoms with Gasteiger partial charge in [-0.25, -0.2) is 4.79 Å². The van der Waals surface area contributed by atoms with Gasteiger partial charge in [0.1, 0.15) is 18.1 Å². The van der Waals surface area contributed by atoms with Crippen molar-refractivity contribution in [2.24, 2.45) is 0 Å². The fourth-order valence-corrected chi connectivity index (χ4v) is 2.31. The van der Waals surface area contributed by atoms with Crippen LogP contribution >= 0.6 is 0 Å². The molecule has 0 bridgehead atoms. The van der Waals surface area contributed by atoms with Crippen LogP contribution in [-0.2, 0) is 28.7 Å². The van der Waals surface area contributed by atoms with Crippen molar-refractivity contribution in [3.05, 3.63) is 0 Å². The molecule has 1 saturated heterocycles. The highest BCUT2D eigenvalue weighted by atomic mass is 16.5. The Kier molecular flexibility index (Phi) is 7.15. The van der Waals surface area contributed by atoms with E-state index in [1.807, 2.05) is 0 Å². The van der Waals surface area contributed by atoms with E-state index >= 15 is 0 Å². The molecule has 10 nitrogen and oxygen atoms in total. The van der Waals surface area contributed by atoms with Gasteiger partial charge in [0.25, 0.3) is 0 Å². The molecule has 10 heteroatoms. The van der Waals surface area contributed by atoms with Crippen LogP contribution in [0.2, 0.25) is 0 Å². The Labute approximate surface area is 139 Å². The lowest BCUT2D eigenvalue weighted by atomic mass is 10.2. The van der Waals surface area contributed by atoms with E-state index in [-0.39, 0.29) is 12.5 Å². The molecule has 0 aliphatic carbocycles. The number of nitrogens with one attached hydrogen (secondary N) is 3. The molecule has 1 aliphatic rings. The standard InChI is InChI=1S/C14H22N4O6/c1-8(16-11(20)6-15-7-19)12(21)17-10-4-5-18(13(10)22)9(2)14(23)24-3/h7-10H,4-6H2,1-3H3,(H,15,19)(H,16,20)(H,17,21)/t8-,9-,10+/m0/s1. The smallest absolute Gasteiger partial charge is 0.328 e. The number of rotatable bonds is 8. The molecule has 0 radical (unpaired) electrons. The largest absolute Gasteiger partial charge is 0.467 e. The predicted molar refractivity (Wildman–Crippen MR) is 81.4 cm³/mol. The third-order valence-corrected chi connectivity index (χ3v) is 3.68. The van der Waals surface area contributed by atoms with Gasteiger partial charge in [-0.2, -0.15) is 0 Å². The molecule has 134 valence electrons. The predicted octanol–water partition coefficient (Wildman–Crippen LogP) is -2.48. The first-order valence-corrected chi connectivity index (χ1v) is 7.46. The highest BCUT2D eigenvalue weighted by molar-refractivity contribution is 5.94. The van der Waals surface area contributed by atoms with Crippen molar-refractivity contribution in [2.75, 3.05) is 20.2 Å². The number of hydrogen-bond acceptors (Lipinski definition) is 6. The van der Waals surface area contributed by atoms with Crippen LogP contribution in [0.25, 0.3) is 0 Å². The first kappa shape index (κ1) is 19.4. The number of carbonyl (C=O) groups excluding carboxylic acids is 5. The summed E-state index contributed by atoms with van der Waals surface area (Å²) in [5.74, 6) is -1.95. The maximum atomic E-state index is 12.3. The average molecular weight is 342 g/mol. The van der Waals surface area contributed by atoms with Crippen molar-refractivity contribution >= 4 is 30.1 Å². The summed E-state index contributed by atoms with van der Waals surface area (Å²) in [5, 5.41) is 7.12. The van der Waals surface area contributed by atoms with E-state index in [0.717, 1.165) is 0 Å². The molecule has 0 saturated carbocycles. The number of hydrogen-bond donors (Lipinski definition) is 3. The maximum Gasteiger partial charge on any atom is 0.328 e. The summed E-state index contributed by atoms with van der Waals surface area (Å²) in [6.07, 6.45) is 0.734. The molecule has 0 aromatic carbocycles. The first-order chi connectivity index (χ1) is 11.3. The Morgan fingerprint density at radius 3 is 2.62 bits per heavy atom. The van der Waals surface area contributed by atoms with Gasteiger partial charge in [-0.1, -0.05) is 0 Å². The first-order valence-electron chi connectivity index (χ1n) is 7.46. The third-order valence-electron chi connectivity index (χ3n) is 3.68. The van der Waals surface area contributed by atoms with Crippen molar-refractivity contribution in [1.82, 2.24) is 20.9 Å². The summed E-state index contributed by atoms with van der Waals surface area (Å²) in [4.78, 5) is 58.7. The molecule has 3 N–H and O–H groups in total. The molecule has 1 heterocycles. The molecular weight excluding hydrogens is 320 g/mol. The summed E-state index contributed by atoms with van der Waals surface area (Å²) >= 11 is 0. The van der Waals surface area contributed by atoms with Crippen LogP contribution in [0.1, 0.15) is 20.3 Å². The lowest BCUT2D eigenvalue weighted by molar-refractivity contribution is -0.150. The molecule has 1 aliphatic heterocycles. The maximum absolute atomic E-state index is 12.3. The summed E-state index contributed by atoms with van der Waals surface area (Å²) in [6.45, 7) is 3.09. The Balaban J connectivity index is 2.53. The van der Waals surface area contributed by atoms with Crippen LogP contribution in [0.15, 0.2) is 0 Å². The number of amides is 4. The van der Waals surface area contributed by atoms with E-state index in [1.54, 1.807) is 6.92 Å². The van der Waals surface area contributed by atoms with Crippen molar-refractivity contribution in [3.8, 4) is 0 Å². The van der Waals surface area contributed by atoms with Gasteiger partial charge in [0.15, 0.2) is 0 Å². The summed E-state index contributed by atoms with van der Waals surface area (Å²) < 4.78 is 4.60. The lowest BCUT2D eigenvalue weighted by Crippen LogP contribution is -2.52. The second kappa shape index (κ2) is 8.85. The summed E-state index contributed by atoms with van der Waals surface area (Å²) in [5.41, 5.74) is 0. The summed E-state index contributed by atoms with van der Waals surface area (Å²) in [6, 6.07) is -2.35. The third kappa shape index (κ3) is 4.93. The van der Waals surface area contributed by atoms with E-state index in [2.05, 4.69) is 20.7 Å². The highest BCUT2D eigenvalue weighted by Crippen LogP contribution is 2.15.